The van der Waals surface area contributed by atoms with Gasteiger partial charge in [-0.15, -0.1) is 0 Å². The number of hydrogen-bond donors (Lipinski definition) is 2. The van der Waals surface area contributed by atoms with Crippen LogP contribution in [0.4, 0.5) is 0 Å². The Balaban J connectivity index is 1.55. The number of aliphatic imine (C=N–C) groups is 1. The van der Waals surface area contributed by atoms with E-state index < -0.39 is 0 Å². The fourth-order valence-corrected chi connectivity index (χ4v) is 2.25. The molecule has 1 saturated carbocycles. The van der Waals surface area contributed by atoms with Crippen LogP contribution in [0.25, 0.3) is 5.69 Å². The summed E-state index contributed by atoms with van der Waals surface area (Å²) >= 11 is 0. The highest BCUT2D eigenvalue weighted by Crippen LogP contribution is 2.18. The second kappa shape index (κ2) is 7.11. The average Bonchev–Trinajstić information content (AvgIpc) is 3.23. The largest absolute Gasteiger partial charge is 0.357 e. The first-order valence-electron chi connectivity index (χ1n) is 7.99. The van der Waals surface area contributed by atoms with Crippen molar-refractivity contribution < 1.29 is 0 Å². The number of aromatic nitrogens is 2. The number of nitrogens with zero attached hydrogens (tertiary/aromatic N) is 3. The topological polar surface area (TPSA) is 54.2 Å². The van der Waals surface area contributed by atoms with Gasteiger partial charge in [-0.05, 0) is 43.9 Å². The van der Waals surface area contributed by atoms with Gasteiger partial charge in [0.1, 0.15) is 0 Å². The molecule has 1 aliphatic carbocycles. The summed E-state index contributed by atoms with van der Waals surface area (Å²) in [4.78, 5) is 4.63. The summed E-state index contributed by atoms with van der Waals surface area (Å²) in [5.41, 5.74) is 2.29. The molecule has 116 valence electrons. The first-order valence-corrected chi connectivity index (χ1v) is 7.99. The van der Waals surface area contributed by atoms with Crippen LogP contribution in [-0.2, 0) is 6.42 Å². The molecular weight excluding hydrogens is 274 g/mol. The van der Waals surface area contributed by atoms with E-state index in [4.69, 9.17) is 0 Å². The van der Waals surface area contributed by atoms with Crippen LogP contribution in [-0.4, -0.2) is 34.9 Å². The first-order chi connectivity index (χ1) is 10.8. The second-order valence-electron chi connectivity index (χ2n) is 5.56. The fourth-order valence-electron chi connectivity index (χ4n) is 2.25. The Bertz CT molecular complexity index is 613. The maximum Gasteiger partial charge on any atom is 0.191 e. The molecule has 0 radical (unpaired) electrons. The highest BCUT2D eigenvalue weighted by atomic mass is 15.3. The van der Waals surface area contributed by atoms with E-state index in [1.54, 1.807) is 0 Å². The molecular formula is C17H23N5. The second-order valence-corrected chi connectivity index (χ2v) is 5.56. The predicted octanol–water partition coefficient (Wildman–Crippen LogP) is 2.13. The van der Waals surface area contributed by atoms with Crippen molar-refractivity contribution in [3.63, 3.8) is 0 Å². The van der Waals surface area contributed by atoms with E-state index in [1.807, 2.05) is 29.1 Å². The normalized spacial score (nSPS) is 14.9. The number of hydrogen-bond acceptors (Lipinski definition) is 2. The van der Waals surface area contributed by atoms with Gasteiger partial charge in [0, 0.05) is 25.3 Å². The molecule has 0 amide bonds. The molecule has 5 heteroatoms. The molecule has 0 spiro atoms. The lowest BCUT2D eigenvalue weighted by atomic mass is 10.2. The van der Waals surface area contributed by atoms with E-state index in [9.17, 15) is 0 Å². The molecule has 3 rings (SSSR count). The molecule has 1 aromatic carbocycles. The summed E-state index contributed by atoms with van der Waals surface area (Å²) in [7, 11) is 0. The average molecular weight is 297 g/mol. The van der Waals surface area contributed by atoms with Crippen LogP contribution in [0.15, 0.2) is 47.7 Å². The van der Waals surface area contributed by atoms with Crippen molar-refractivity contribution in [2.45, 2.75) is 32.2 Å². The lowest BCUT2D eigenvalue weighted by molar-refractivity contribution is 0.808. The lowest BCUT2D eigenvalue weighted by Crippen LogP contribution is -2.38. The first kappa shape index (κ1) is 14.6. The third-order valence-corrected chi connectivity index (χ3v) is 3.59. The molecule has 1 aliphatic rings. The van der Waals surface area contributed by atoms with Gasteiger partial charge in [0.15, 0.2) is 5.96 Å². The molecule has 1 aromatic heterocycles. The zero-order valence-corrected chi connectivity index (χ0v) is 13.0. The quantitative estimate of drug-likeness (QED) is 0.634. The van der Waals surface area contributed by atoms with Crippen LogP contribution >= 0.6 is 0 Å². The van der Waals surface area contributed by atoms with Crippen molar-refractivity contribution in [2.24, 2.45) is 4.99 Å². The minimum Gasteiger partial charge on any atom is -0.357 e. The Morgan fingerprint density at radius 3 is 2.86 bits per heavy atom. The van der Waals surface area contributed by atoms with Gasteiger partial charge < -0.3 is 10.6 Å². The van der Waals surface area contributed by atoms with Crippen molar-refractivity contribution in [1.82, 2.24) is 20.4 Å². The minimum absolute atomic E-state index is 0.624. The molecule has 0 atom stereocenters. The molecule has 0 bridgehead atoms. The predicted molar refractivity (Wildman–Crippen MR) is 89.4 cm³/mol. The third-order valence-electron chi connectivity index (χ3n) is 3.59. The zero-order chi connectivity index (χ0) is 15.2. The summed E-state index contributed by atoms with van der Waals surface area (Å²) in [5, 5.41) is 11.1. The monoisotopic (exact) mass is 297 g/mol. The minimum atomic E-state index is 0.624. The van der Waals surface area contributed by atoms with Crippen molar-refractivity contribution in [1.29, 1.82) is 0 Å². The van der Waals surface area contributed by atoms with E-state index in [-0.39, 0.29) is 0 Å². The Morgan fingerprint density at radius 2 is 2.14 bits per heavy atom. The van der Waals surface area contributed by atoms with Gasteiger partial charge in [0.25, 0.3) is 0 Å². The Hall–Kier alpha value is -2.30. The van der Waals surface area contributed by atoms with Gasteiger partial charge in [-0.3, -0.25) is 4.99 Å². The van der Waals surface area contributed by atoms with E-state index >= 15 is 0 Å². The summed E-state index contributed by atoms with van der Waals surface area (Å²) in [5.74, 6) is 0.931. The Kier molecular flexibility index (Phi) is 4.73. The van der Waals surface area contributed by atoms with Gasteiger partial charge in [-0.1, -0.05) is 18.2 Å². The van der Waals surface area contributed by atoms with Gasteiger partial charge in [-0.2, -0.15) is 5.10 Å². The van der Waals surface area contributed by atoms with Crippen LogP contribution in [0.5, 0.6) is 0 Å². The van der Waals surface area contributed by atoms with Gasteiger partial charge in [0.05, 0.1) is 11.9 Å². The third kappa shape index (κ3) is 4.10. The summed E-state index contributed by atoms with van der Waals surface area (Å²) in [6.45, 7) is 3.75. The van der Waals surface area contributed by atoms with E-state index in [0.29, 0.717) is 6.04 Å². The summed E-state index contributed by atoms with van der Waals surface area (Å²) in [6.07, 6.45) is 7.41. The van der Waals surface area contributed by atoms with Crippen LogP contribution in [0, 0.1) is 0 Å². The zero-order valence-electron chi connectivity index (χ0n) is 13.0. The van der Waals surface area contributed by atoms with E-state index in [1.165, 1.54) is 18.4 Å². The molecule has 22 heavy (non-hydrogen) atoms. The van der Waals surface area contributed by atoms with Crippen LogP contribution < -0.4 is 10.6 Å². The Labute approximate surface area is 131 Å². The van der Waals surface area contributed by atoms with Crippen molar-refractivity contribution in [3.8, 4) is 5.69 Å². The van der Waals surface area contributed by atoms with E-state index in [2.05, 4.69) is 46.0 Å². The van der Waals surface area contributed by atoms with Gasteiger partial charge in [-0.25, -0.2) is 4.68 Å². The summed E-state index contributed by atoms with van der Waals surface area (Å²) in [6, 6.07) is 10.8. The van der Waals surface area contributed by atoms with Crippen LogP contribution in [0.1, 0.15) is 25.3 Å². The molecule has 1 fully saturated rings. The molecule has 0 saturated heterocycles. The van der Waals surface area contributed by atoms with Crippen LogP contribution in [0.2, 0.25) is 0 Å². The van der Waals surface area contributed by atoms with Crippen molar-refractivity contribution in [2.75, 3.05) is 13.1 Å². The molecule has 5 nitrogen and oxygen atoms in total. The maximum absolute atomic E-state index is 4.63. The van der Waals surface area contributed by atoms with Gasteiger partial charge >= 0.3 is 0 Å². The molecule has 1 heterocycles. The number of nitrogens with one attached hydrogen (secondary N) is 2. The molecule has 0 unspecified atom stereocenters. The number of para-hydroxylation sites is 1. The van der Waals surface area contributed by atoms with Crippen molar-refractivity contribution in [3.05, 3.63) is 48.3 Å². The van der Waals surface area contributed by atoms with Crippen molar-refractivity contribution >= 4 is 5.96 Å². The smallest absolute Gasteiger partial charge is 0.191 e. The van der Waals surface area contributed by atoms with Crippen LogP contribution in [0.3, 0.4) is 0 Å². The SMILES string of the molecule is CCNC(=NCCc1cnn(-c2ccccc2)c1)NC1CC1. The number of benzene rings is 1. The molecule has 0 aliphatic heterocycles. The standard InChI is InChI=1S/C17H23N5/c1-2-18-17(21-15-8-9-15)19-11-10-14-12-20-22(13-14)16-6-4-3-5-7-16/h3-7,12-13,15H,2,8-11H2,1H3,(H2,18,19,21). The molecule has 2 N–H and O–H groups in total. The summed E-state index contributed by atoms with van der Waals surface area (Å²) < 4.78 is 1.91. The number of guanidine groups is 1. The maximum atomic E-state index is 4.63. The number of rotatable bonds is 6. The molecule has 2 aromatic rings. The van der Waals surface area contributed by atoms with Gasteiger partial charge in [0.2, 0.25) is 0 Å². The van der Waals surface area contributed by atoms with E-state index in [0.717, 1.165) is 31.2 Å². The fraction of sp³-hybridized carbons (Fsp3) is 0.412. The Morgan fingerprint density at radius 1 is 1.32 bits per heavy atom. The highest BCUT2D eigenvalue weighted by Gasteiger charge is 2.21. The highest BCUT2D eigenvalue weighted by molar-refractivity contribution is 5.80. The lowest BCUT2D eigenvalue weighted by Gasteiger charge is -2.09.